The molecule has 3 heterocycles. The molecule has 0 spiro atoms. The van der Waals surface area contributed by atoms with E-state index in [1.54, 1.807) is 0 Å². The summed E-state index contributed by atoms with van der Waals surface area (Å²) in [6, 6.07) is 108. The summed E-state index contributed by atoms with van der Waals surface area (Å²) in [5.41, 5.74) is 19.4. The summed E-state index contributed by atoms with van der Waals surface area (Å²) in [6.07, 6.45) is 0. The van der Waals surface area contributed by atoms with Gasteiger partial charge in [0.05, 0.1) is 22.7 Å². The first-order valence-electron chi connectivity index (χ1n) is 28.9. The van der Waals surface area contributed by atoms with E-state index in [0.29, 0.717) is 0 Å². The Kier molecular flexibility index (Phi) is 11.2. The molecule has 0 fully saturated rings. The van der Waals surface area contributed by atoms with E-state index in [4.69, 9.17) is 13.3 Å². The molecule has 0 atom stereocenters. The minimum absolute atomic E-state index is 0.770. The maximum Gasteiger partial charge on any atom is 0.159 e. The van der Waals surface area contributed by atoms with Gasteiger partial charge in [-0.25, -0.2) is 0 Å². The van der Waals surface area contributed by atoms with Crippen LogP contribution >= 0.6 is 0 Å². The molecule has 17 rings (SSSR count). The van der Waals surface area contributed by atoms with Gasteiger partial charge in [0.15, 0.2) is 11.2 Å². The molecule has 0 saturated heterocycles. The van der Waals surface area contributed by atoms with Crippen molar-refractivity contribution in [3.05, 3.63) is 303 Å². The van der Waals surface area contributed by atoms with Crippen molar-refractivity contribution in [3.63, 3.8) is 0 Å². The third-order valence-electron chi connectivity index (χ3n) is 17.0. The Bertz CT molecular complexity index is 5060. The van der Waals surface area contributed by atoms with E-state index in [1.165, 1.54) is 0 Å². The Balaban J connectivity index is 0.910. The van der Waals surface area contributed by atoms with Gasteiger partial charge in [-0.05, 0) is 80.6 Å². The lowest BCUT2D eigenvalue weighted by Gasteiger charge is -2.27. The molecule has 0 aliphatic carbocycles. The van der Waals surface area contributed by atoms with Crippen molar-refractivity contribution >= 4 is 121 Å². The summed E-state index contributed by atoms with van der Waals surface area (Å²) in [5, 5.41) is 10.6. The average Bonchev–Trinajstić information content (AvgIpc) is 3.29. The van der Waals surface area contributed by atoms with Gasteiger partial charge in [0.2, 0.25) is 0 Å². The van der Waals surface area contributed by atoms with Crippen LogP contribution in [0.25, 0.3) is 132 Å². The van der Waals surface area contributed by atoms with E-state index in [1.807, 2.05) is 0 Å². The zero-order chi connectivity index (χ0) is 56.0. The number of para-hydroxylation sites is 4. The largest absolute Gasteiger partial charge is 0.456 e. The second-order valence-corrected chi connectivity index (χ2v) is 21.8. The molecule has 0 aliphatic rings. The van der Waals surface area contributed by atoms with E-state index < -0.39 is 0 Å². The maximum atomic E-state index is 7.45. The zero-order valence-electron chi connectivity index (χ0n) is 46.0. The van der Waals surface area contributed by atoms with Crippen LogP contribution in [-0.4, -0.2) is 0 Å². The van der Waals surface area contributed by atoms with Crippen LogP contribution in [0.1, 0.15) is 0 Å². The first kappa shape index (κ1) is 48.3. The molecule has 0 aliphatic heterocycles. The molecule has 85 heavy (non-hydrogen) atoms. The molecule has 17 aromatic rings. The van der Waals surface area contributed by atoms with E-state index in [9.17, 15) is 0 Å². The van der Waals surface area contributed by atoms with Crippen molar-refractivity contribution in [3.8, 4) is 44.5 Å². The monoisotopic (exact) mass is 1090 g/mol. The van der Waals surface area contributed by atoms with Gasteiger partial charge < -0.3 is 23.1 Å². The highest BCUT2D eigenvalue weighted by molar-refractivity contribution is 6.31. The number of hydrogen-bond acceptors (Lipinski definition) is 5. The van der Waals surface area contributed by atoms with E-state index in [-0.39, 0.29) is 0 Å². The van der Waals surface area contributed by atoms with Crippen LogP contribution in [0.2, 0.25) is 0 Å². The van der Waals surface area contributed by atoms with Gasteiger partial charge in [-0.3, -0.25) is 0 Å². The fraction of sp³-hybridized carbons (Fsp3) is 0. The zero-order valence-corrected chi connectivity index (χ0v) is 46.0. The Morgan fingerprint density at radius 3 is 0.894 bits per heavy atom. The molecular weight excluding hydrogens is 1040 g/mol. The van der Waals surface area contributed by atoms with Crippen LogP contribution in [0.5, 0.6) is 0 Å². The topological polar surface area (TPSA) is 45.9 Å². The number of rotatable bonds is 10. The Morgan fingerprint density at radius 1 is 0.200 bits per heavy atom. The lowest BCUT2D eigenvalue weighted by atomic mass is 9.96. The smallest absolute Gasteiger partial charge is 0.159 e. The first-order valence-corrected chi connectivity index (χ1v) is 28.9. The molecule has 398 valence electrons. The highest BCUT2D eigenvalue weighted by Gasteiger charge is 2.28. The van der Waals surface area contributed by atoms with Crippen LogP contribution in [-0.2, 0) is 0 Å². The summed E-state index contributed by atoms with van der Waals surface area (Å²) in [5.74, 6) is 0. The van der Waals surface area contributed by atoms with Crippen molar-refractivity contribution in [1.82, 2.24) is 0 Å². The second kappa shape index (κ2) is 19.7. The molecule has 0 unspecified atom stereocenters. The standard InChI is InChI=1S/C80H50N2O3/c1-5-21-51(22-6-1)53-41-45-57(46-42-53)81(69-39-19-37-67-65-35-17-33-59(77(65)84-79(67)69)55-25-9-3-10-26-55)71-49-73-75(63-31-15-13-29-61(63)71)76-64-32-16-14-30-62(64)72(50-74(76)83-73)82(58-47-43-54(44-48-58)52-23-7-2-8-24-52)70-40-20-38-68-66-36-18-34-60(78(66)85-80(68)70)56-27-11-4-12-28-56/h1-50H. The van der Waals surface area contributed by atoms with Crippen molar-refractivity contribution in [1.29, 1.82) is 0 Å². The van der Waals surface area contributed by atoms with E-state index >= 15 is 0 Å². The molecule has 0 amide bonds. The number of hydrogen-bond donors (Lipinski definition) is 0. The molecule has 0 bridgehead atoms. The molecule has 0 N–H and O–H groups in total. The van der Waals surface area contributed by atoms with Crippen molar-refractivity contribution < 1.29 is 13.3 Å². The first-order chi connectivity index (χ1) is 42.2. The Morgan fingerprint density at radius 2 is 0.506 bits per heavy atom. The molecule has 5 nitrogen and oxygen atoms in total. The summed E-state index contributed by atoms with van der Waals surface area (Å²) in [4.78, 5) is 4.72. The summed E-state index contributed by atoms with van der Waals surface area (Å²) in [7, 11) is 0. The third kappa shape index (κ3) is 7.86. The molecule has 5 heteroatoms. The van der Waals surface area contributed by atoms with Crippen LogP contribution < -0.4 is 9.80 Å². The quantitative estimate of drug-likeness (QED) is 0.137. The Labute approximate surface area is 489 Å². The second-order valence-electron chi connectivity index (χ2n) is 21.8. The van der Waals surface area contributed by atoms with Gasteiger partial charge in [-0.15, -0.1) is 0 Å². The van der Waals surface area contributed by atoms with Gasteiger partial charge in [0, 0.05) is 77.7 Å². The predicted molar refractivity (Wildman–Crippen MR) is 354 cm³/mol. The van der Waals surface area contributed by atoms with Crippen molar-refractivity contribution in [2.45, 2.75) is 0 Å². The summed E-state index contributed by atoms with van der Waals surface area (Å²) in [6.45, 7) is 0. The predicted octanol–water partition coefficient (Wildman–Crippen LogP) is 23.3. The number of furan rings is 3. The van der Waals surface area contributed by atoms with E-state index in [2.05, 4.69) is 313 Å². The number of nitrogens with zero attached hydrogens (tertiary/aromatic N) is 2. The Hall–Kier alpha value is -11.4. The van der Waals surface area contributed by atoms with Crippen molar-refractivity contribution in [2.75, 3.05) is 9.80 Å². The lowest BCUT2D eigenvalue weighted by molar-refractivity contribution is 0.668. The molecule has 14 aromatic carbocycles. The SMILES string of the molecule is c1ccc(-c2ccc(N(c3cc4oc5cc(N(c6ccc(-c7ccccc7)cc6)c6cccc7c6oc6c(-c8ccccc8)cccc67)c6ccccc6c5c4c4ccccc34)c3cccc4c3oc3c(-c5ccccc5)cccc34)cc2)cc1. The number of fused-ring (bicyclic) bond motifs is 13. The third-order valence-corrected chi connectivity index (χ3v) is 17.0. The van der Waals surface area contributed by atoms with Gasteiger partial charge in [-0.1, -0.05) is 255 Å². The summed E-state index contributed by atoms with van der Waals surface area (Å²) >= 11 is 0. The molecule has 3 aromatic heterocycles. The van der Waals surface area contributed by atoms with Crippen molar-refractivity contribution in [2.24, 2.45) is 0 Å². The number of benzene rings is 14. The lowest BCUT2D eigenvalue weighted by Crippen LogP contribution is -2.11. The fourth-order valence-electron chi connectivity index (χ4n) is 13.2. The van der Waals surface area contributed by atoms with Crippen LogP contribution in [0.4, 0.5) is 34.1 Å². The highest BCUT2D eigenvalue weighted by atomic mass is 16.3. The molecule has 0 radical (unpaired) electrons. The number of anilines is 6. The highest BCUT2D eigenvalue weighted by Crippen LogP contribution is 2.52. The molecular formula is C80H50N2O3. The van der Waals surface area contributed by atoms with Gasteiger partial charge >= 0.3 is 0 Å². The average molecular weight is 1090 g/mol. The minimum atomic E-state index is 0.770. The maximum absolute atomic E-state index is 7.45. The van der Waals surface area contributed by atoms with Gasteiger partial charge in [-0.2, -0.15) is 0 Å². The van der Waals surface area contributed by atoms with Crippen LogP contribution in [0.3, 0.4) is 0 Å². The summed E-state index contributed by atoms with van der Waals surface area (Å²) < 4.78 is 21.9. The van der Waals surface area contributed by atoms with Gasteiger partial charge in [0.25, 0.3) is 0 Å². The van der Waals surface area contributed by atoms with Crippen LogP contribution in [0.15, 0.2) is 317 Å². The normalized spacial score (nSPS) is 11.8. The molecule has 0 saturated carbocycles. The minimum Gasteiger partial charge on any atom is -0.456 e. The van der Waals surface area contributed by atoms with Crippen LogP contribution in [0, 0.1) is 0 Å². The van der Waals surface area contributed by atoms with E-state index in [0.717, 1.165) is 166 Å². The van der Waals surface area contributed by atoms with Gasteiger partial charge in [0.1, 0.15) is 22.3 Å². The fourth-order valence-corrected chi connectivity index (χ4v) is 13.2.